The molecule has 2 heterocycles. The second-order valence-electron chi connectivity index (χ2n) is 7.53. The fourth-order valence-corrected chi connectivity index (χ4v) is 3.59. The summed E-state index contributed by atoms with van der Waals surface area (Å²) in [5, 5.41) is 21.2. The van der Waals surface area contributed by atoms with Gasteiger partial charge in [-0.1, -0.05) is 0 Å². The lowest BCUT2D eigenvalue weighted by Gasteiger charge is -2.18. The van der Waals surface area contributed by atoms with Crippen LogP contribution < -0.4 is 20.7 Å². The van der Waals surface area contributed by atoms with Crippen LogP contribution in [0.25, 0.3) is 11.3 Å². The van der Waals surface area contributed by atoms with Gasteiger partial charge in [-0.05, 0) is 36.4 Å². The summed E-state index contributed by atoms with van der Waals surface area (Å²) in [7, 11) is 1.75. The Kier molecular flexibility index (Phi) is 6.22. The molecule has 1 aliphatic heterocycles. The quantitative estimate of drug-likeness (QED) is 0.452. The number of hydrogen-bond donors (Lipinski definition) is 4. The zero-order chi connectivity index (χ0) is 23.5. The summed E-state index contributed by atoms with van der Waals surface area (Å²) in [5.74, 6) is -2.08. The molecule has 0 unspecified atom stereocenters. The van der Waals surface area contributed by atoms with Crippen molar-refractivity contribution < 1.29 is 28.2 Å². The van der Waals surface area contributed by atoms with Crippen molar-refractivity contribution in [1.82, 2.24) is 15.1 Å². The van der Waals surface area contributed by atoms with Crippen molar-refractivity contribution in [2.45, 2.75) is 18.6 Å². The van der Waals surface area contributed by atoms with Crippen LogP contribution in [-0.4, -0.2) is 45.6 Å². The largest absolute Gasteiger partial charge is 0.488 e. The van der Waals surface area contributed by atoms with Crippen molar-refractivity contribution in [3.8, 4) is 17.0 Å². The van der Waals surface area contributed by atoms with Gasteiger partial charge in [-0.15, -0.1) is 0 Å². The average Bonchev–Trinajstić information content (AvgIpc) is 3.40. The summed E-state index contributed by atoms with van der Waals surface area (Å²) in [4.78, 5) is 23.5. The number of carboxylic acid groups (broad SMARTS) is 1. The van der Waals surface area contributed by atoms with Crippen LogP contribution in [0.4, 0.5) is 25.0 Å². The van der Waals surface area contributed by atoms with Crippen molar-refractivity contribution in [2.75, 3.05) is 17.2 Å². The number of amides is 2. The van der Waals surface area contributed by atoms with Crippen molar-refractivity contribution in [1.29, 1.82) is 0 Å². The number of urea groups is 1. The summed E-state index contributed by atoms with van der Waals surface area (Å²) in [6.07, 6.45) is 1.58. The maximum Gasteiger partial charge on any atom is 0.323 e. The van der Waals surface area contributed by atoms with Crippen LogP contribution in [0, 0.1) is 11.6 Å². The van der Waals surface area contributed by atoms with Crippen LogP contribution in [0.3, 0.4) is 0 Å². The lowest BCUT2D eigenvalue weighted by Crippen LogP contribution is -2.30. The summed E-state index contributed by atoms with van der Waals surface area (Å²) < 4.78 is 34.6. The zero-order valence-corrected chi connectivity index (χ0v) is 17.5. The molecule has 1 fully saturated rings. The van der Waals surface area contributed by atoms with Gasteiger partial charge in [-0.3, -0.25) is 9.48 Å². The minimum Gasteiger partial charge on any atom is -0.488 e. The van der Waals surface area contributed by atoms with Crippen LogP contribution in [0.15, 0.2) is 48.7 Å². The number of aromatic nitrogens is 2. The molecule has 1 aliphatic rings. The van der Waals surface area contributed by atoms with Gasteiger partial charge in [0.25, 0.3) is 0 Å². The van der Waals surface area contributed by atoms with Gasteiger partial charge < -0.3 is 25.8 Å². The Hall–Kier alpha value is -3.99. The predicted octanol–water partition coefficient (Wildman–Crippen LogP) is 3.20. The van der Waals surface area contributed by atoms with Crippen molar-refractivity contribution in [2.24, 2.45) is 7.05 Å². The lowest BCUT2D eigenvalue weighted by atomic mass is 10.1. The van der Waals surface area contributed by atoms with E-state index >= 15 is 0 Å². The molecule has 2 aromatic carbocycles. The number of aryl methyl sites for hydroxylation is 1. The molecule has 1 saturated heterocycles. The van der Waals surface area contributed by atoms with E-state index in [-0.39, 0.29) is 11.8 Å². The van der Waals surface area contributed by atoms with Crippen LogP contribution >= 0.6 is 0 Å². The van der Waals surface area contributed by atoms with E-state index in [1.165, 1.54) is 0 Å². The molecule has 0 aliphatic carbocycles. The van der Waals surface area contributed by atoms with E-state index in [1.54, 1.807) is 42.2 Å². The number of carboxylic acids is 1. The van der Waals surface area contributed by atoms with Crippen LogP contribution in [0.1, 0.15) is 6.42 Å². The molecule has 33 heavy (non-hydrogen) atoms. The van der Waals surface area contributed by atoms with Crippen molar-refractivity contribution >= 4 is 23.4 Å². The van der Waals surface area contributed by atoms with Crippen LogP contribution in [-0.2, 0) is 11.8 Å². The molecule has 0 radical (unpaired) electrons. The number of aliphatic carboxylic acids is 1. The average molecular weight is 457 g/mol. The predicted molar refractivity (Wildman–Crippen MR) is 116 cm³/mol. The molecule has 0 bridgehead atoms. The maximum atomic E-state index is 13.8. The summed E-state index contributed by atoms with van der Waals surface area (Å²) in [6, 6.07) is 8.16. The van der Waals surface area contributed by atoms with E-state index in [0.29, 0.717) is 41.7 Å². The Bertz CT molecular complexity index is 1200. The highest BCUT2D eigenvalue weighted by molar-refractivity contribution is 6.00. The van der Waals surface area contributed by atoms with Gasteiger partial charge in [-0.2, -0.15) is 5.10 Å². The molecule has 11 heteroatoms. The first-order chi connectivity index (χ1) is 15.8. The van der Waals surface area contributed by atoms with Crippen molar-refractivity contribution in [3.63, 3.8) is 0 Å². The minimum atomic E-state index is -0.934. The molecule has 3 aromatic rings. The highest BCUT2D eigenvalue weighted by Gasteiger charge is 2.31. The highest BCUT2D eigenvalue weighted by Crippen LogP contribution is 2.34. The number of carbonyl (C=O) groups excluding carboxylic acids is 1. The summed E-state index contributed by atoms with van der Waals surface area (Å²) in [6.45, 7) is 0.382. The number of ether oxygens (including phenoxy) is 1. The summed E-state index contributed by atoms with van der Waals surface area (Å²) in [5.41, 5.74) is 1.56. The normalized spacial score (nSPS) is 17.5. The van der Waals surface area contributed by atoms with E-state index in [4.69, 9.17) is 4.74 Å². The van der Waals surface area contributed by atoms with E-state index < -0.39 is 29.7 Å². The maximum absolute atomic E-state index is 13.8. The summed E-state index contributed by atoms with van der Waals surface area (Å²) >= 11 is 0. The van der Waals surface area contributed by atoms with Gasteiger partial charge in [0, 0.05) is 43.5 Å². The smallest absolute Gasteiger partial charge is 0.323 e. The van der Waals surface area contributed by atoms with Gasteiger partial charge in [-0.25, -0.2) is 13.6 Å². The van der Waals surface area contributed by atoms with Gasteiger partial charge >= 0.3 is 12.0 Å². The first kappa shape index (κ1) is 22.2. The lowest BCUT2D eigenvalue weighted by molar-refractivity contribution is -0.139. The molecule has 9 nitrogen and oxygen atoms in total. The number of carbonyl (C=O) groups is 2. The molecular formula is C22H21F2N5O4. The number of nitrogens with zero attached hydrogens (tertiary/aromatic N) is 2. The zero-order valence-electron chi connectivity index (χ0n) is 17.5. The minimum absolute atomic E-state index is 0.164. The first-order valence-corrected chi connectivity index (χ1v) is 10.1. The fourth-order valence-electron chi connectivity index (χ4n) is 3.59. The number of nitrogens with one attached hydrogen (secondary N) is 3. The monoisotopic (exact) mass is 457 g/mol. The number of rotatable bonds is 6. The SMILES string of the molecule is Cn1nccc1-c1cc(NC(=O)Nc2ccc(F)cc2F)ccc1O[C@H]1CN[C@@H](C(=O)O)C1. The molecule has 2 atom stereocenters. The molecular weight excluding hydrogens is 436 g/mol. The molecule has 0 spiro atoms. The molecule has 172 valence electrons. The van der Waals surface area contributed by atoms with Crippen LogP contribution in [0.5, 0.6) is 5.75 Å². The van der Waals surface area contributed by atoms with E-state index in [2.05, 4.69) is 21.0 Å². The second kappa shape index (κ2) is 9.25. The number of anilines is 2. The molecule has 0 saturated carbocycles. The van der Waals surface area contributed by atoms with Gasteiger partial charge in [0.1, 0.15) is 29.5 Å². The molecule has 2 amide bonds. The van der Waals surface area contributed by atoms with E-state index in [9.17, 15) is 23.5 Å². The Labute approximate surface area is 187 Å². The van der Waals surface area contributed by atoms with Gasteiger partial charge in [0.15, 0.2) is 0 Å². The van der Waals surface area contributed by atoms with E-state index in [0.717, 1.165) is 12.1 Å². The topological polar surface area (TPSA) is 118 Å². The Morgan fingerprint density at radius 3 is 2.67 bits per heavy atom. The number of halogens is 2. The second-order valence-corrected chi connectivity index (χ2v) is 7.53. The Morgan fingerprint density at radius 2 is 2.00 bits per heavy atom. The number of benzene rings is 2. The fraction of sp³-hybridized carbons (Fsp3) is 0.227. The molecule has 4 N–H and O–H groups in total. The molecule has 4 rings (SSSR count). The number of hydrogen-bond acceptors (Lipinski definition) is 5. The Morgan fingerprint density at radius 1 is 1.18 bits per heavy atom. The standard InChI is InChI=1S/C22H21F2N5O4/c1-29-19(6-7-26-29)15-9-13(27-22(32)28-17-4-2-12(23)8-16(17)24)3-5-20(15)33-14-10-18(21(30)31)25-11-14/h2-9,14,18,25H,10-11H2,1H3,(H,30,31)(H2,27,28,32)/t14-,18-/m1/s1. The van der Waals surface area contributed by atoms with Gasteiger partial charge in [0.05, 0.1) is 11.4 Å². The first-order valence-electron chi connectivity index (χ1n) is 10.1. The molecule has 1 aromatic heterocycles. The third-order valence-electron chi connectivity index (χ3n) is 5.20. The third-order valence-corrected chi connectivity index (χ3v) is 5.20. The van der Waals surface area contributed by atoms with E-state index in [1.807, 2.05) is 0 Å². The highest BCUT2D eigenvalue weighted by atomic mass is 19.1. The van der Waals surface area contributed by atoms with Crippen molar-refractivity contribution in [3.05, 3.63) is 60.3 Å². The van der Waals surface area contributed by atoms with Crippen LogP contribution in [0.2, 0.25) is 0 Å². The Balaban J connectivity index is 1.54. The van der Waals surface area contributed by atoms with Gasteiger partial charge in [0.2, 0.25) is 0 Å². The third kappa shape index (κ3) is 5.09.